The molecule has 10 nitrogen and oxygen atoms in total. The number of carbonyl (C=O) groups is 1. The second kappa shape index (κ2) is 5.54. The van der Waals surface area contributed by atoms with E-state index in [1.165, 1.54) is 7.11 Å². The lowest BCUT2D eigenvalue weighted by Crippen LogP contribution is -2.27. The zero-order chi connectivity index (χ0) is 13.7. The fraction of sp³-hybridized carbons (Fsp3) is 0.125. The van der Waals surface area contributed by atoms with Crippen LogP contribution in [0, 0.1) is 20.2 Å². The number of urea groups is 1. The number of nitro groups is 2. The molecule has 96 valence electrons. The van der Waals surface area contributed by atoms with Crippen LogP contribution in [0.2, 0.25) is 0 Å². The van der Waals surface area contributed by atoms with Crippen LogP contribution in [-0.2, 0) is 4.84 Å². The molecule has 1 rings (SSSR count). The summed E-state index contributed by atoms with van der Waals surface area (Å²) >= 11 is 0. The zero-order valence-corrected chi connectivity index (χ0v) is 9.08. The highest BCUT2D eigenvalue weighted by Crippen LogP contribution is 2.25. The Kier molecular flexibility index (Phi) is 4.10. The molecule has 0 fully saturated rings. The van der Waals surface area contributed by atoms with Gasteiger partial charge in [0.05, 0.1) is 28.7 Å². The smallest absolute Gasteiger partial charge is 0.306 e. The third-order valence-electron chi connectivity index (χ3n) is 1.78. The molecule has 10 heteroatoms. The maximum atomic E-state index is 11.1. The molecule has 0 aliphatic heterocycles. The van der Waals surface area contributed by atoms with Gasteiger partial charge in [0.15, 0.2) is 0 Å². The van der Waals surface area contributed by atoms with Crippen molar-refractivity contribution in [3.63, 3.8) is 0 Å². The molecule has 2 N–H and O–H groups in total. The van der Waals surface area contributed by atoms with Gasteiger partial charge in [-0.2, -0.15) is 0 Å². The second-order valence-electron chi connectivity index (χ2n) is 3.01. The largest absolute Gasteiger partial charge is 0.343 e. The minimum Gasteiger partial charge on any atom is -0.306 e. The molecule has 0 aliphatic carbocycles. The summed E-state index contributed by atoms with van der Waals surface area (Å²) in [6, 6.07) is 1.96. The van der Waals surface area contributed by atoms with Crippen molar-refractivity contribution in [2.24, 2.45) is 0 Å². The number of amides is 2. The SMILES string of the molecule is CONC(=O)Nc1cc([N+](=O)[O-])cc([N+](=O)[O-])c1. The van der Waals surface area contributed by atoms with Gasteiger partial charge >= 0.3 is 6.03 Å². The van der Waals surface area contributed by atoms with E-state index in [2.05, 4.69) is 10.2 Å². The molecule has 0 aromatic heterocycles. The molecule has 0 bridgehead atoms. The first-order valence-corrected chi connectivity index (χ1v) is 4.48. The van der Waals surface area contributed by atoms with E-state index in [9.17, 15) is 25.0 Å². The standard InChI is InChI=1S/C8H8N4O6/c1-18-10-8(13)9-5-2-6(11(14)15)4-7(3-5)12(16)17/h2-4H,1H3,(H2,9,10,13). The molecule has 0 heterocycles. The molecule has 1 aromatic rings. The number of nitrogens with one attached hydrogen (secondary N) is 2. The van der Waals surface area contributed by atoms with Gasteiger partial charge in [-0.15, -0.1) is 0 Å². The van der Waals surface area contributed by atoms with Crippen molar-refractivity contribution in [3.05, 3.63) is 38.4 Å². The summed E-state index contributed by atoms with van der Waals surface area (Å²) in [5, 5.41) is 23.3. The minimum atomic E-state index is -0.813. The minimum absolute atomic E-state index is 0.0922. The highest BCUT2D eigenvalue weighted by Gasteiger charge is 2.17. The highest BCUT2D eigenvalue weighted by atomic mass is 16.6. The summed E-state index contributed by atoms with van der Waals surface area (Å²) < 4.78 is 0. The second-order valence-corrected chi connectivity index (χ2v) is 3.01. The fourth-order valence-corrected chi connectivity index (χ4v) is 1.13. The van der Waals surface area contributed by atoms with Gasteiger partial charge in [0, 0.05) is 12.1 Å². The number of nitrogens with zero attached hydrogens (tertiary/aromatic N) is 2. The van der Waals surface area contributed by atoms with E-state index in [4.69, 9.17) is 0 Å². The van der Waals surface area contributed by atoms with Crippen LogP contribution in [0.5, 0.6) is 0 Å². The van der Waals surface area contributed by atoms with Crippen LogP contribution in [-0.4, -0.2) is 23.0 Å². The summed E-state index contributed by atoms with van der Waals surface area (Å²) in [6.07, 6.45) is 0. The van der Waals surface area contributed by atoms with Gasteiger partial charge < -0.3 is 5.32 Å². The predicted molar refractivity (Wildman–Crippen MR) is 58.9 cm³/mol. The number of hydroxylamine groups is 1. The van der Waals surface area contributed by atoms with Crippen molar-refractivity contribution < 1.29 is 19.5 Å². The first kappa shape index (κ1) is 13.3. The predicted octanol–water partition coefficient (Wildman–Crippen LogP) is 1.19. The number of rotatable bonds is 4. The van der Waals surface area contributed by atoms with Crippen molar-refractivity contribution in [2.75, 3.05) is 12.4 Å². The highest BCUT2D eigenvalue weighted by molar-refractivity contribution is 5.89. The number of non-ortho nitro benzene ring substituents is 2. The van der Waals surface area contributed by atoms with Gasteiger partial charge in [0.1, 0.15) is 0 Å². The molecule has 0 unspecified atom stereocenters. The Morgan fingerprint density at radius 2 is 1.67 bits per heavy atom. The summed E-state index contributed by atoms with van der Waals surface area (Å²) in [5.74, 6) is 0. The van der Waals surface area contributed by atoms with Crippen LogP contribution < -0.4 is 10.8 Å². The monoisotopic (exact) mass is 256 g/mol. The van der Waals surface area contributed by atoms with E-state index in [0.717, 1.165) is 18.2 Å². The van der Waals surface area contributed by atoms with Gasteiger partial charge in [0.2, 0.25) is 0 Å². The Morgan fingerprint density at radius 3 is 2.06 bits per heavy atom. The molecule has 0 aliphatic rings. The van der Waals surface area contributed by atoms with Crippen molar-refractivity contribution in [1.82, 2.24) is 5.48 Å². The van der Waals surface area contributed by atoms with E-state index >= 15 is 0 Å². The lowest BCUT2D eigenvalue weighted by molar-refractivity contribution is -0.394. The summed E-state index contributed by atoms with van der Waals surface area (Å²) in [6.45, 7) is 0. The summed E-state index contributed by atoms with van der Waals surface area (Å²) in [7, 11) is 1.19. The van der Waals surface area contributed by atoms with Crippen LogP contribution in [0.1, 0.15) is 0 Å². The summed E-state index contributed by atoms with van der Waals surface area (Å²) in [4.78, 5) is 34.9. The molecule has 0 radical (unpaired) electrons. The fourth-order valence-electron chi connectivity index (χ4n) is 1.13. The van der Waals surface area contributed by atoms with Gasteiger partial charge in [-0.05, 0) is 0 Å². The van der Waals surface area contributed by atoms with Crippen LogP contribution >= 0.6 is 0 Å². The van der Waals surface area contributed by atoms with Crippen LogP contribution in [0.25, 0.3) is 0 Å². The quantitative estimate of drug-likeness (QED) is 0.613. The lowest BCUT2D eigenvalue weighted by atomic mass is 10.2. The zero-order valence-electron chi connectivity index (χ0n) is 9.08. The average Bonchev–Trinajstić information content (AvgIpc) is 2.28. The van der Waals surface area contributed by atoms with E-state index < -0.39 is 27.3 Å². The maximum absolute atomic E-state index is 11.1. The first-order valence-electron chi connectivity index (χ1n) is 4.48. The van der Waals surface area contributed by atoms with E-state index in [-0.39, 0.29) is 5.69 Å². The molecule has 0 saturated heterocycles. The Labute approximate surface area is 99.8 Å². The Balaban J connectivity index is 3.07. The molecular weight excluding hydrogens is 248 g/mol. The third kappa shape index (κ3) is 3.38. The molecule has 0 saturated carbocycles. The topological polar surface area (TPSA) is 137 Å². The van der Waals surface area contributed by atoms with Crippen molar-refractivity contribution >= 4 is 23.1 Å². The van der Waals surface area contributed by atoms with Crippen LogP contribution in [0.4, 0.5) is 21.9 Å². The Hall–Kier alpha value is -2.75. The number of hydrogen-bond donors (Lipinski definition) is 2. The molecule has 2 amide bonds. The number of carbonyl (C=O) groups excluding carboxylic acids is 1. The molecule has 1 aromatic carbocycles. The van der Waals surface area contributed by atoms with E-state index in [1.54, 1.807) is 0 Å². The molecule has 0 atom stereocenters. The van der Waals surface area contributed by atoms with Gasteiger partial charge in [0.25, 0.3) is 11.4 Å². The van der Waals surface area contributed by atoms with Crippen LogP contribution in [0.3, 0.4) is 0 Å². The van der Waals surface area contributed by atoms with E-state index in [0.29, 0.717) is 0 Å². The Morgan fingerprint density at radius 1 is 1.17 bits per heavy atom. The maximum Gasteiger partial charge on any atom is 0.343 e. The van der Waals surface area contributed by atoms with Crippen LogP contribution in [0.15, 0.2) is 18.2 Å². The molecular formula is C8H8N4O6. The molecule has 18 heavy (non-hydrogen) atoms. The normalized spacial score (nSPS) is 9.61. The van der Waals surface area contributed by atoms with Crippen molar-refractivity contribution in [1.29, 1.82) is 0 Å². The third-order valence-corrected chi connectivity index (χ3v) is 1.78. The number of hydrogen-bond acceptors (Lipinski definition) is 6. The Bertz CT molecular complexity index is 470. The average molecular weight is 256 g/mol. The van der Waals surface area contributed by atoms with Gasteiger partial charge in [-0.1, -0.05) is 0 Å². The van der Waals surface area contributed by atoms with Gasteiger partial charge in [-0.3, -0.25) is 25.1 Å². The molecule has 0 spiro atoms. The first-order chi connectivity index (χ1) is 8.43. The number of benzene rings is 1. The number of anilines is 1. The number of nitro benzene ring substituents is 2. The van der Waals surface area contributed by atoms with E-state index in [1.807, 2.05) is 5.48 Å². The van der Waals surface area contributed by atoms with Crippen molar-refractivity contribution in [2.45, 2.75) is 0 Å². The van der Waals surface area contributed by atoms with Crippen molar-refractivity contribution in [3.8, 4) is 0 Å². The summed E-state index contributed by atoms with van der Waals surface area (Å²) in [5.41, 5.74) is 0.804. The lowest BCUT2D eigenvalue weighted by Gasteiger charge is -2.05. The van der Waals surface area contributed by atoms with Gasteiger partial charge in [-0.25, -0.2) is 10.3 Å².